The first-order chi connectivity index (χ1) is 12.8. The maximum Gasteiger partial charge on any atom is 0.190 e. The molecule has 3 aromatic rings. The lowest BCUT2D eigenvalue weighted by Gasteiger charge is -2.12. The third-order valence-electron chi connectivity index (χ3n) is 4.12. The number of benzene rings is 1. The topological polar surface area (TPSA) is 66.6 Å². The monoisotopic (exact) mass is 370 g/mol. The second-order valence-electron chi connectivity index (χ2n) is 5.92. The van der Waals surface area contributed by atoms with Crippen LogP contribution >= 0.6 is 11.6 Å². The Morgan fingerprint density at radius 2 is 1.85 bits per heavy atom. The first kappa shape index (κ1) is 18.2. The van der Waals surface area contributed by atoms with Crippen molar-refractivity contribution in [1.29, 1.82) is 0 Å². The van der Waals surface area contributed by atoms with E-state index in [1.165, 1.54) is 0 Å². The molecule has 0 radical (unpaired) electrons. The van der Waals surface area contributed by atoms with E-state index in [-0.39, 0.29) is 0 Å². The quantitative estimate of drug-likeness (QED) is 0.381. The number of pyridine rings is 1. The lowest BCUT2D eigenvalue weighted by atomic mass is 10.1. The summed E-state index contributed by atoms with van der Waals surface area (Å²) in [6.45, 7) is 1.59. The highest BCUT2D eigenvalue weighted by Crippen LogP contribution is 2.14. The van der Waals surface area contributed by atoms with Crippen LogP contribution in [0.2, 0.25) is 5.02 Å². The average Bonchev–Trinajstić information content (AvgIpc) is 3.08. The number of guanidine groups is 1. The van der Waals surface area contributed by atoms with Gasteiger partial charge >= 0.3 is 0 Å². The molecule has 0 fully saturated rings. The third kappa shape index (κ3) is 4.73. The molecule has 2 heterocycles. The Hall–Kier alpha value is -2.60. The normalized spacial score (nSPS) is 11.7. The van der Waals surface area contributed by atoms with Crippen molar-refractivity contribution in [3.05, 3.63) is 65.1 Å². The Labute approximate surface area is 158 Å². The van der Waals surface area contributed by atoms with Crippen LogP contribution in [0.4, 0.5) is 0 Å². The van der Waals surface area contributed by atoms with Crippen LogP contribution in [0, 0.1) is 0 Å². The SMILES string of the molecule is CN=C(NCCCc1nnc2ccccn12)NCCc1ccccc1Cl. The molecule has 0 spiro atoms. The highest BCUT2D eigenvalue weighted by molar-refractivity contribution is 6.31. The fourth-order valence-electron chi connectivity index (χ4n) is 2.75. The third-order valence-corrected chi connectivity index (χ3v) is 4.49. The zero-order valence-electron chi connectivity index (χ0n) is 14.8. The van der Waals surface area contributed by atoms with Gasteiger partial charge < -0.3 is 10.6 Å². The van der Waals surface area contributed by atoms with Gasteiger partial charge in [-0.1, -0.05) is 35.9 Å². The van der Waals surface area contributed by atoms with Gasteiger partial charge in [0.2, 0.25) is 0 Å². The smallest absolute Gasteiger partial charge is 0.190 e. The predicted molar refractivity (Wildman–Crippen MR) is 106 cm³/mol. The second kappa shape index (κ2) is 9.20. The molecule has 26 heavy (non-hydrogen) atoms. The van der Waals surface area contributed by atoms with Crippen molar-refractivity contribution in [3.63, 3.8) is 0 Å². The molecule has 0 saturated heterocycles. The van der Waals surface area contributed by atoms with E-state index in [9.17, 15) is 0 Å². The van der Waals surface area contributed by atoms with Gasteiger partial charge in [0.05, 0.1) is 0 Å². The summed E-state index contributed by atoms with van der Waals surface area (Å²) >= 11 is 6.18. The number of hydrogen-bond acceptors (Lipinski definition) is 3. The van der Waals surface area contributed by atoms with E-state index < -0.39 is 0 Å². The molecule has 0 amide bonds. The summed E-state index contributed by atoms with van der Waals surface area (Å²) in [6.07, 6.45) is 4.65. The molecule has 2 N–H and O–H groups in total. The number of nitrogens with zero attached hydrogens (tertiary/aromatic N) is 4. The number of aryl methyl sites for hydroxylation is 1. The summed E-state index contributed by atoms with van der Waals surface area (Å²) in [5, 5.41) is 15.9. The molecule has 0 aliphatic rings. The summed E-state index contributed by atoms with van der Waals surface area (Å²) in [4.78, 5) is 4.25. The number of aromatic nitrogens is 3. The van der Waals surface area contributed by atoms with E-state index in [2.05, 4.69) is 25.8 Å². The van der Waals surface area contributed by atoms with Crippen molar-refractivity contribution in [2.24, 2.45) is 4.99 Å². The van der Waals surface area contributed by atoms with Crippen LogP contribution < -0.4 is 10.6 Å². The summed E-state index contributed by atoms with van der Waals surface area (Å²) in [6, 6.07) is 13.8. The fourth-order valence-corrected chi connectivity index (χ4v) is 2.98. The number of rotatable bonds is 7. The van der Waals surface area contributed by atoms with Crippen LogP contribution in [-0.2, 0) is 12.8 Å². The average molecular weight is 371 g/mol. The molecule has 0 atom stereocenters. The van der Waals surface area contributed by atoms with Crippen LogP contribution in [0.5, 0.6) is 0 Å². The zero-order chi connectivity index (χ0) is 18.2. The molecule has 0 saturated carbocycles. The van der Waals surface area contributed by atoms with E-state index in [0.717, 1.165) is 60.4 Å². The van der Waals surface area contributed by atoms with Crippen molar-refractivity contribution in [1.82, 2.24) is 25.2 Å². The number of aliphatic imine (C=N–C) groups is 1. The molecule has 136 valence electrons. The Kier molecular flexibility index (Phi) is 6.44. The lowest BCUT2D eigenvalue weighted by molar-refractivity contribution is 0.713. The second-order valence-corrected chi connectivity index (χ2v) is 6.32. The van der Waals surface area contributed by atoms with Gasteiger partial charge in [0.1, 0.15) is 5.82 Å². The summed E-state index contributed by atoms with van der Waals surface area (Å²) in [5.41, 5.74) is 2.02. The Morgan fingerprint density at radius 1 is 1.04 bits per heavy atom. The molecular weight excluding hydrogens is 348 g/mol. The van der Waals surface area contributed by atoms with Crippen molar-refractivity contribution >= 4 is 23.2 Å². The van der Waals surface area contributed by atoms with Gasteiger partial charge in [-0.05, 0) is 36.6 Å². The standard InChI is InChI=1S/C19H23ClN6/c1-21-19(23-13-11-15-7-2-3-8-16(15)20)22-12-6-10-18-25-24-17-9-4-5-14-26(17)18/h2-5,7-9,14H,6,10-13H2,1H3,(H2,21,22,23). The predicted octanol–water partition coefficient (Wildman–Crippen LogP) is 2.72. The molecule has 1 aromatic carbocycles. The van der Waals surface area contributed by atoms with E-state index >= 15 is 0 Å². The fraction of sp³-hybridized carbons (Fsp3) is 0.316. The summed E-state index contributed by atoms with van der Waals surface area (Å²) < 4.78 is 2.02. The van der Waals surface area contributed by atoms with Crippen LogP contribution in [0.25, 0.3) is 5.65 Å². The van der Waals surface area contributed by atoms with Gasteiger partial charge in [0, 0.05) is 37.8 Å². The first-order valence-electron chi connectivity index (χ1n) is 8.74. The van der Waals surface area contributed by atoms with Crippen molar-refractivity contribution in [2.45, 2.75) is 19.3 Å². The van der Waals surface area contributed by atoms with Crippen LogP contribution in [0.3, 0.4) is 0 Å². The minimum atomic E-state index is 0.776. The van der Waals surface area contributed by atoms with Gasteiger partial charge in [-0.3, -0.25) is 9.39 Å². The van der Waals surface area contributed by atoms with Crippen molar-refractivity contribution < 1.29 is 0 Å². The van der Waals surface area contributed by atoms with E-state index in [1.54, 1.807) is 7.05 Å². The molecule has 0 bridgehead atoms. The molecule has 6 nitrogen and oxygen atoms in total. The highest BCUT2D eigenvalue weighted by Gasteiger charge is 2.05. The first-order valence-corrected chi connectivity index (χ1v) is 9.12. The summed E-state index contributed by atoms with van der Waals surface area (Å²) in [7, 11) is 1.77. The van der Waals surface area contributed by atoms with Crippen LogP contribution in [0.1, 0.15) is 17.8 Å². The highest BCUT2D eigenvalue weighted by atomic mass is 35.5. The maximum atomic E-state index is 6.18. The maximum absolute atomic E-state index is 6.18. The minimum absolute atomic E-state index is 0.776. The van der Waals surface area contributed by atoms with Gasteiger partial charge in [-0.2, -0.15) is 0 Å². The minimum Gasteiger partial charge on any atom is -0.356 e. The van der Waals surface area contributed by atoms with Gasteiger partial charge in [0.15, 0.2) is 11.6 Å². The van der Waals surface area contributed by atoms with E-state index in [4.69, 9.17) is 11.6 Å². The number of halogens is 1. The molecule has 0 aliphatic heterocycles. The molecule has 7 heteroatoms. The molecule has 3 rings (SSSR count). The number of fused-ring (bicyclic) bond motifs is 1. The number of nitrogens with one attached hydrogen (secondary N) is 2. The van der Waals surface area contributed by atoms with Crippen molar-refractivity contribution in [3.8, 4) is 0 Å². The van der Waals surface area contributed by atoms with Gasteiger partial charge in [-0.25, -0.2) is 0 Å². The van der Waals surface area contributed by atoms with E-state index in [1.807, 2.05) is 53.1 Å². The van der Waals surface area contributed by atoms with Crippen LogP contribution in [0.15, 0.2) is 53.7 Å². The van der Waals surface area contributed by atoms with Gasteiger partial charge in [0.25, 0.3) is 0 Å². The number of hydrogen-bond donors (Lipinski definition) is 2. The van der Waals surface area contributed by atoms with Gasteiger partial charge in [-0.15, -0.1) is 10.2 Å². The lowest BCUT2D eigenvalue weighted by Crippen LogP contribution is -2.38. The molecule has 0 aliphatic carbocycles. The zero-order valence-corrected chi connectivity index (χ0v) is 15.6. The Morgan fingerprint density at radius 3 is 2.69 bits per heavy atom. The molecule has 0 unspecified atom stereocenters. The van der Waals surface area contributed by atoms with E-state index in [0.29, 0.717) is 0 Å². The van der Waals surface area contributed by atoms with Crippen molar-refractivity contribution in [2.75, 3.05) is 20.1 Å². The molecule has 2 aromatic heterocycles. The van der Waals surface area contributed by atoms with Crippen LogP contribution in [-0.4, -0.2) is 40.7 Å². The molecular formula is C19H23ClN6. The largest absolute Gasteiger partial charge is 0.356 e. The Balaban J connectivity index is 1.40. The summed E-state index contributed by atoms with van der Waals surface area (Å²) in [5.74, 6) is 1.77. The Bertz CT molecular complexity index is 873.